The summed E-state index contributed by atoms with van der Waals surface area (Å²) < 4.78 is 11.0. The van der Waals surface area contributed by atoms with Gasteiger partial charge < -0.3 is 19.7 Å². The summed E-state index contributed by atoms with van der Waals surface area (Å²) in [6, 6.07) is 3.94. The number of rotatable bonds is 6. The molecule has 1 aromatic rings. The van der Waals surface area contributed by atoms with Gasteiger partial charge in [-0.1, -0.05) is 6.07 Å². The predicted molar refractivity (Wildman–Crippen MR) is 99.9 cm³/mol. The number of thioether (sulfide) groups is 1. The zero-order valence-corrected chi connectivity index (χ0v) is 15.9. The quantitative estimate of drug-likeness (QED) is 0.480. The highest BCUT2D eigenvalue weighted by Crippen LogP contribution is 2.29. The smallest absolute Gasteiger partial charge is 0.218 e. The summed E-state index contributed by atoms with van der Waals surface area (Å²) in [4.78, 5) is 11.1. The zero-order valence-electron chi connectivity index (χ0n) is 15.0. The van der Waals surface area contributed by atoms with Gasteiger partial charge in [0.25, 0.3) is 0 Å². The van der Waals surface area contributed by atoms with E-state index in [0.29, 0.717) is 25.6 Å². The van der Waals surface area contributed by atoms with Crippen molar-refractivity contribution >= 4 is 17.7 Å². The molecule has 0 saturated carbocycles. The van der Waals surface area contributed by atoms with E-state index in [1.807, 2.05) is 30.9 Å². The fourth-order valence-electron chi connectivity index (χ4n) is 2.61. The van der Waals surface area contributed by atoms with Crippen molar-refractivity contribution in [1.29, 1.82) is 0 Å². The second kappa shape index (κ2) is 9.13. The summed E-state index contributed by atoms with van der Waals surface area (Å²) in [5.74, 6) is 2.69. The van der Waals surface area contributed by atoms with Crippen molar-refractivity contribution in [3.05, 3.63) is 23.9 Å². The highest BCUT2D eigenvalue weighted by molar-refractivity contribution is 8.00. The van der Waals surface area contributed by atoms with Crippen LogP contribution in [0.3, 0.4) is 0 Å². The molecule has 1 aromatic heterocycles. The summed E-state index contributed by atoms with van der Waals surface area (Å²) in [5.41, 5.74) is 1.01. The molecule has 1 N–H and O–H groups in total. The molecule has 1 fully saturated rings. The molecule has 1 aliphatic heterocycles. The van der Waals surface area contributed by atoms with Crippen LogP contribution in [0.2, 0.25) is 0 Å². The Morgan fingerprint density at radius 2 is 2.29 bits per heavy atom. The first-order chi connectivity index (χ1) is 11.6. The van der Waals surface area contributed by atoms with E-state index in [0.717, 1.165) is 30.4 Å². The van der Waals surface area contributed by atoms with Crippen LogP contribution in [0.5, 0.6) is 5.88 Å². The van der Waals surface area contributed by atoms with Crippen LogP contribution in [0.15, 0.2) is 23.3 Å². The lowest BCUT2D eigenvalue weighted by atomic mass is 10.2. The maximum Gasteiger partial charge on any atom is 0.218 e. The van der Waals surface area contributed by atoms with Gasteiger partial charge in [-0.05, 0) is 19.9 Å². The van der Waals surface area contributed by atoms with Gasteiger partial charge in [0.2, 0.25) is 5.88 Å². The summed E-state index contributed by atoms with van der Waals surface area (Å²) in [5, 5.41) is 3.44. The maximum absolute atomic E-state index is 5.69. The topological polar surface area (TPSA) is 59.0 Å². The summed E-state index contributed by atoms with van der Waals surface area (Å²) >= 11 is 2.01. The minimum atomic E-state index is 0.249. The Kier molecular flexibility index (Phi) is 7.17. The van der Waals surface area contributed by atoms with Crippen molar-refractivity contribution in [2.75, 3.05) is 46.2 Å². The third-order valence-corrected chi connectivity index (χ3v) is 5.05. The minimum Gasteiger partial charge on any atom is -0.475 e. The van der Waals surface area contributed by atoms with Crippen LogP contribution < -0.4 is 10.1 Å². The molecule has 7 heteroatoms. The number of aliphatic imine (C=N–C) groups is 1. The van der Waals surface area contributed by atoms with Crippen molar-refractivity contribution in [2.45, 2.75) is 25.1 Å². The van der Waals surface area contributed by atoms with Crippen LogP contribution in [-0.4, -0.2) is 66.8 Å². The molecule has 1 saturated heterocycles. The summed E-state index contributed by atoms with van der Waals surface area (Å²) in [6.45, 7) is 8.23. The first kappa shape index (κ1) is 18.9. The summed E-state index contributed by atoms with van der Waals surface area (Å²) in [6.07, 6.45) is 1.74. The number of aromatic nitrogens is 1. The van der Waals surface area contributed by atoms with Crippen LogP contribution in [0.4, 0.5) is 0 Å². The van der Waals surface area contributed by atoms with Gasteiger partial charge >= 0.3 is 0 Å². The predicted octanol–water partition coefficient (Wildman–Crippen LogP) is 2.01. The number of pyridine rings is 1. The number of hydrogen-bond donors (Lipinski definition) is 1. The number of nitrogens with zero attached hydrogens (tertiary/aromatic N) is 3. The van der Waals surface area contributed by atoms with Crippen molar-refractivity contribution in [1.82, 2.24) is 15.2 Å². The van der Waals surface area contributed by atoms with Crippen molar-refractivity contribution in [3.8, 4) is 5.88 Å². The number of methoxy groups -OCH3 is 1. The Bertz CT molecular complexity index is 551. The van der Waals surface area contributed by atoms with Crippen LogP contribution in [0, 0.1) is 0 Å². The molecular weight excluding hydrogens is 324 g/mol. The van der Waals surface area contributed by atoms with Crippen molar-refractivity contribution in [2.24, 2.45) is 4.99 Å². The standard InChI is InChI=1S/C17H28N4O2S/c1-17(2)13-21(8-11-24-17)16(18-3)20-12-14-6-5-7-19-15(14)23-10-9-22-4/h5-7H,8-13H2,1-4H3,(H,18,20). The number of ether oxygens (including phenoxy) is 2. The van der Waals surface area contributed by atoms with Crippen LogP contribution in [-0.2, 0) is 11.3 Å². The Balaban J connectivity index is 1.96. The van der Waals surface area contributed by atoms with Crippen LogP contribution >= 0.6 is 11.8 Å². The minimum absolute atomic E-state index is 0.249. The molecule has 2 rings (SSSR count). The van der Waals surface area contributed by atoms with Crippen molar-refractivity contribution < 1.29 is 9.47 Å². The average Bonchev–Trinajstić information content (AvgIpc) is 2.56. The second-order valence-corrected chi connectivity index (χ2v) is 8.04. The Morgan fingerprint density at radius 3 is 3.00 bits per heavy atom. The van der Waals surface area contributed by atoms with Gasteiger partial charge in [-0.25, -0.2) is 4.98 Å². The van der Waals surface area contributed by atoms with Gasteiger partial charge in [-0.15, -0.1) is 0 Å². The molecule has 6 nitrogen and oxygen atoms in total. The molecule has 0 spiro atoms. The highest BCUT2D eigenvalue weighted by Gasteiger charge is 2.28. The number of hydrogen-bond acceptors (Lipinski definition) is 5. The van der Waals surface area contributed by atoms with Crippen LogP contribution in [0.25, 0.3) is 0 Å². The molecular formula is C17H28N4O2S. The third-order valence-electron chi connectivity index (χ3n) is 3.75. The normalized spacial score (nSPS) is 17.7. The molecule has 0 bridgehead atoms. The first-order valence-corrected chi connectivity index (χ1v) is 9.19. The number of nitrogens with one attached hydrogen (secondary N) is 1. The lowest BCUT2D eigenvalue weighted by molar-refractivity contribution is 0.143. The van der Waals surface area contributed by atoms with Gasteiger partial charge in [-0.3, -0.25) is 4.99 Å². The SMILES string of the molecule is CN=C(NCc1cccnc1OCCOC)N1CCSC(C)(C)C1. The molecule has 0 radical (unpaired) electrons. The molecule has 24 heavy (non-hydrogen) atoms. The fraction of sp³-hybridized carbons (Fsp3) is 0.647. The Hall–Kier alpha value is -1.47. The van der Waals surface area contributed by atoms with Crippen LogP contribution in [0.1, 0.15) is 19.4 Å². The van der Waals surface area contributed by atoms with Gasteiger partial charge in [-0.2, -0.15) is 11.8 Å². The highest BCUT2D eigenvalue weighted by atomic mass is 32.2. The van der Waals surface area contributed by atoms with E-state index in [-0.39, 0.29) is 4.75 Å². The molecule has 0 amide bonds. The lowest BCUT2D eigenvalue weighted by Gasteiger charge is -2.39. The van der Waals surface area contributed by atoms with E-state index in [1.165, 1.54) is 0 Å². The fourth-order valence-corrected chi connectivity index (χ4v) is 3.73. The van der Waals surface area contributed by atoms with Crippen molar-refractivity contribution in [3.63, 3.8) is 0 Å². The van der Waals surface area contributed by atoms with E-state index in [9.17, 15) is 0 Å². The molecule has 134 valence electrons. The van der Waals surface area contributed by atoms with Gasteiger partial charge in [0.15, 0.2) is 5.96 Å². The second-order valence-electron chi connectivity index (χ2n) is 6.24. The summed E-state index contributed by atoms with van der Waals surface area (Å²) in [7, 11) is 3.49. The Labute approximate surface area is 149 Å². The van der Waals surface area contributed by atoms with E-state index in [1.54, 1.807) is 13.3 Å². The third kappa shape index (κ3) is 5.56. The van der Waals surface area contributed by atoms with E-state index in [4.69, 9.17) is 9.47 Å². The largest absolute Gasteiger partial charge is 0.475 e. The monoisotopic (exact) mass is 352 g/mol. The average molecular weight is 353 g/mol. The molecule has 0 unspecified atom stereocenters. The number of guanidine groups is 1. The Morgan fingerprint density at radius 1 is 1.46 bits per heavy atom. The van der Waals surface area contributed by atoms with Gasteiger partial charge in [0, 0.05) is 56.1 Å². The zero-order chi connectivity index (χ0) is 17.4. The molecule has 2 heterocycles. The molecule has 0 atom stereocenters. The van der Waals surface area contributed by atoms with E-state index < -0.39 is 0 Å². The van der Waals surface area contributed by atoms with Gasteiger partial charge in [0.05, 0.1) is 6.61 Å². The maximum atomic E-state index is 5.69. The molecule has 0 aliphatic carbocycles. The van der Waals surface area contributed by atoms with E-state index >= 15 is 0 Å². The van der Waals surface area contributed by atoms with Gasteiger partial charge in [0.1, 0.15) is 6.61 Å². The van der Waals surface area contributed by atoms with E-state index in [2.05, 4.69) is 34.0 Å². The first-order valence-electron chi connectivity index (χ1n) is 8.21. The molecule has 0 aromatic carbocycles. The molecule has 1 aliphatic rings. The lowest BCUT2D eigenvalue weighted by Crippen LogP contribution is -2.50.